The highest BCUT2D eigenvalue weighted by Gasteiger charge is 2.29. The van der Waals surface area contributed by atoms with E-state index in [2.05, 4.69) is 16.0 Å². The zero-order chi connectivity index (χ0) is 24.7. The lowest BCUT2D eigenvalue weighted by Crippen LogP contribution is -2.46. The third-order valence-corrected chi connectivity index (χ3v) is 6.14. The fourth-order valence-corrected chi connectivity index (χ4v) is 4.21. The molecule has 2 aromatic rings. The molecule has 0 aliphatic heterocycles. The Hall–Kier alpha value is -3.59. The second-order valence-corrected chi connectivity index (χ2v) is 8.54. The molecule has 182 valence electrons. The number of aliphatic hydroxyl groups is 1. The number of aliphatic hydroxyl groups excluding tert-OH is 1. The van der Waals surface area contributed by atoms with Crippen molar-refractivity contribution in [1.82, 2.24) is 5.32 Å². The Bertz CT molecular complexity index is 1020. The highest BCUT2D eigenvalue weighted by molar-refractivity contribution is 6.00. The summed E-state index contributed by atoms with van der Waals surface area (Å²) in [7, 11) is 1.55. The number of anilines is 2. The van der Waals surface area contributed by atoms with Crippen LogP contribution in [0.2, 0.25) is 0 Å². The summed E-state index contributed by atoms with van der Waals surface area (Å²) in [6, 6.07) is 11.5. The summed E-state index contributed by atoms with van der Waals surface area (Å²) in [5.74, 6) is -0.958. The Kier molecular flexibility index (Phi) is 8.48. The highest BCUT2D eigenvalue weighted by atomic mass is 16.5. The van der Waals surface area contributed by atoms with E-state index in [9.17, 15) is 14.4 Å². The molecule has 3 rings (SSSR count). The first kappa shape index (κ1) is 25.0. The van der Waals surface area contributed by atoms with Gasteiger partial charge in [0.05, 0.1) is 19.4 Å². The summed E-state index contributed by atoms with van der Waals surface area (Å²) in [6.45, 7) is 1.30. The van der Waals surface area contributed by atoms with Gasteiger partial charge in [-0.3, -0.25) is 4.79 Å². The summed E-state index contributed by atoms with van der Waals surface area (Å²) in [5.41, 5.74) is 3.38. The molecule has 0 bridgehead atoms. The molecule has 0 spiro atoms. The molecule has 9 nitrogen and oxygen atoms in total. The van der Waals surface area contributed by atoms with Crippen LogP contribution in [0.5, 0.6) is 5.75 Å². The molecule has 0 radical (unpaired) electrons. The van der Waals surface area contributed by atoms with E-state index in [0.29, 0.717) is 30.0 Å². The Morgan fingerprint density at radius 1 is 1.03 bits per heavy atom. The summed E-state index contributed by atoms with van der Waals surface area (Å²) in [4.78, 5) is 35.7. The number of benzene rings is 2. The number of carbonyl (C=O) groups excluding carboxylic acids is 2. The van der Waals surface area contributed by atoms with Crippen LogP contribution in [-0.2, 0) is 9.59 Å². The van der Waals surface area contributed by atoms with Crippen molar-refractivity contribution in [3.8, 4) is 5.75 Å². The molecule has 1 atom stereocenters. The number of aryl methyl sites for hydroxylation is 1. The smallest absolute Gasteiger partial charge is 0.328 e. The van der Waals surface area contributed by atoms with Crippen LogP contribution in [0, 0.1) is 12.8 Å². The van der Waals surface area contributed by atoms with Crippen molar-refractivity contribution in [3.05, 3.63) is 53.6 Å². The molecule has 9 heteroatoms. The Morgan fingerprint density at radius 3 is 2.29 bits per heavy atom. The minimum absolute atomic E-state index is 0.257. The van der Waals surface area contributed by atoms with E-state index < -0.39 is 18.6 Å². The maximum atomic E-state index is 12.4. The van der Waals surface area contributed by atoms with Gasteiger partial charge in [-0.1, -0.05) is 18.2 Å². The van der Waals surface area contributed by atoms with Crippen molar-refractivity contribution >= 4 is 29.3 Å². The number of ether oxygens (including phenoxy) is 1. The van der Waals surface area contributed by atoms with Crippen molar-refractivity contribution in [3.63, 3.8) is 0 Å². The zero-order valence-electron chi connectivity index (χ0n) is 19.3. The number of carboxylic acid groups (broad SMARTS) is 1. The second kappa shape index (κ2) is 11.5. The van der Waals surface area contributed by atoms with Crippen LogP contribution in [0.25, 0.3) is 0 Å². The van der Waals surface area contributed by atoms with Gasteiger partial charge >= 0.3 is 12.0 Å². The molecule has 0 heterocycles. The van der Waals surface area contributed by atoms with Gasteiger partial charge in [-0.05, 0) is 73.9 Å². The predicted octanol–water partition coefficient (Wildman–Crippen LogP) is 3.48. The predicted molar refractivity (Wildman–Crippen MR) is 128 cm³/mol. The molecule has 0 unspecified atom stereocenters. The summed E-state index contributed by atoms with van der Waals surface area (Å²) in [5, 5.41) is 26.1. The molecule has 0 aromatic heterocycles. The zero-order valence-corrected chi connectivity index (χ0v) is 19.3. The molecule has 34 heavy (non-hydrogen) atoms. The number of nitrogens with one attached hydrogen (secondary N) is 3. The molecule has 2 aromatic carbocycles. The van der Waals surface area contributed by atoms with Gasteiger partial charge in [0.25, 0.3) is 0 Å². The second-order valence-electron chi connectivity index (χ2n) is 8.54. The van der Waals surface area contributed by atoms with E-state index in [1.807, 2.05) is 43.3 Å². The van der Waals surface area contributed by atoms with Crippen LogP contribution >= 0.6 is 0 Å². The monoisotopic (exact) mass is 469 g/mol. The quantitative estimate of drug-likeness (QED) is 0.401. The number of urea groups is 1. The topological polar surface area (TPSA) is 137 Å². The lowest BCUT2D eigenvalue weighted by molar-refractivity contribution is -0.143. The molecular formula is C25H31N3O6. The van der Waals surface area contributed by atoms with E-state index in [4.69, 9.17) is 14.9 Å². The third kappa shape index (κ3) is 6.48. The minimum atomic E-state index is -1.27. The number of hydrogen-bond donors (Lipinski definition) is 5. The summed E-state index contributed by atoms with van der Waals surface area (Å²) in [6.07, 6.45) is 2.90. The standard InChI is InChI=1S/C25H31N3O6/c1-15-3-12-22(34-2)20(13-15)28-25(33)26-19-10-8-17(9-11-19)16-4-6-18(7-5-16)23(30)27-21(14-29)24(31)32/h3,8-13,16,18,21,29H,4-7,14H2,1-2H3,(H,27,30)(H,31,32)(H2,26,28,33)/t16?,18?,21-/m0/s1. The fraction of sp³-hybridized carbons (Fsp3) is 0.400. The van der Waals surface area contributed by atoms with Gasteiger partial charge < -0.3 is 30.9 Å². The molecule has 5 N–H and O–H groups in total. The number of carboxylic acids is 1. The molecule has 1 aliphatic rings. The van der Waals surface area contributed by atoms with Crippen LogP contribution in [0.15, 0.2) is 42.5 Å². The first-order valence-electron chi connectivity index (χ1n) is 11.3. The molecule has 1 fully saturated rings. The normalized spacial score (nSPS) is 18.4. The van der Waals surface area contributed by atoms with Gasteiger partial charge in [0.2, 0.25) is 5.91 Å². The number of aliphatic carboxylic acids is 1. The van der Waals surface area contributed by atoms with E-state index in [0.717, 1.165) is 24.0 Å². The van der Waals surface area contributed by atoms with Crippen LogP contribution < -0.4 is 20.7 Å². The van der Waals surface area contributed by atoms with Crippen molar-refractivity contribution in [2.45, 2.75) is 44.6 Å². The molecule has 1 saturated carbocycles. The number of hydrogen-bond acceptors (Lipinski definition) is 5. The molecular weight excluding hydrogens is 438 g/mol. The minimum Gasteiger partial charge on any atom is -0.495 e. The molecule has 0 saturated heterocycles. The lowest BCUT2D eigenvalue weighted by Gasteiger charge is -2.28. The Morgan fingerprint density at radius 2 is 1.71 bits per heavy atom. The van der Waals surface area contributed by atoms with Gasteiger partial charge in [0, 0.05) is 11.6 Å². The third-order valence-electron chi connectivity index (χ3n) is 6.14. The van der Waals surface area contributed by atoms with Gasteiger partial charge in [-0.15, -0.1) is 0 Å². The Balaban J connectivity index is 1.51. The van der Waals surface area contributed by atoms with Gasteiger partial charge in [-0.25, -0.2) is 9.59 Å². The van der Waals surface area contributed by atoms with E-state index in [1.165, 1.54) is 0 Å². The van der Waals surface area contributed by atoms with Gasteiger partial charge in [0.1, 0.15) is 11.8 Å². The van der Waals surface area contributed by atoms with Crippen LogP contribution in [-0.4, -0.2) is 47.9 Å². The van der Waals surface area contributed by atoms with Crippen molar-refractivity contribution < 1.29 is 29.3 Å². The molecule has 1 aliphatic carbocycles. The number of methoxy groups -OCH3 is 1. The first-order chi connectivity index (χ1) is 16.3. The molecule has 3 amide bonds. The van der Waals surface area contributed by atoms with E-state index >= 15 is 0 Å². The Labute approximate surface area is 198 Å². The number of rotatable bonds is 8. The van der Waals surface area contributed by atoms with Gasteiger partial charge in [0.15, 0.2) is 0 Å². The van der Waals surface area contributed by atoms with Gasteiger partial charge in [-0.2, -0.15) is 0 Å². The SMILES string of the molecule is COc1ccc(C)cc1NC(=O)Nc1ccc(C2CCC(C(=O)N[C@@H](CO)C(=O)O)CC2)cc1. The lowest BCUT2D eigenvalue weighted by atomic mass is 9.78. The van der Waals surface area contributed by atoms with Crippen LogP contribution in [0.3, 0.4) is 0 Å². The first-order valence-corrected chi connectivity index (χ1v) is 11.3. The average molecular weight is 470 g/mol. The highest BCUT2D eigenvalue weighted by Crippen LogP contribution is 2.36. The summed E-state index contributed by atoms with van der Waals surface area (Å²) >= 11 is 0. The largest absolute Gasteiger partial charge is 0.495 e. The van der Waals surface area contributed by atoms with Crippen LogP contribution in [0.4, 0.5) is 16.2 Å². The maximum absolute atomic E-state index is 12.4. The van der Waals surface area contributed by atoms with Crippen molar-refractivity contribution in [2.75, 3.05) is 24.4 Å². The number of amides is 3. The van der Waals surface area contributed by atoms with E-state index in [1.54, 1.807) is 13.2 Å². The maximum Gasteiger partial charge on any atom is 0.328 e. The fourth-order valence-electron chi connectivity index (χ4n) is 4.21. The van der Waals surface area contributed by atoms with Crippen LogP contribution in [0.1, 0.15) is 42.7 Å². The van der Waals surface area contributed by atoms with E-state index in [-0.39, 0.29) is 23.8 Å². The van der Waals surface area contributed by atoms with Crippen molar-refractivity contribution in [1.29, 1.82) is 0 Å². The number of carbonyl (C=O) groups is 3. The average Bonchev–Trinajstić information content (AvgIpc) is 2.83. The summed E-state index contributed by atoms with van der Waals surface area (Å²) < 4.78 is 5.29. The van der Waals surface area contributed by atoms with Crippen molar-refractivity contribution in [2.24, 2.45) is 5.92 Å².